The van der Waals surface area contributed by atoms with Gasteiger partial charge in [0.1, 0.15) is 5.60 Å². The van der Waals surface area contributed by atoms with Crippen molar-refractivity contribution < 1.29 is 19.1 Å². The lowest BCUT2D eigenvalue weighted by molar-refractivity contribution is -0.116. The number of ketones is 1. The summed E-state index contributed by atoms with van der Waals surface area (Å²) in [5, 5.41) is 0. The Morgan fingerprint density at radius 2 is 1.66 bits per heavy atom. The maximum Gasteiger partial charge on any atom is 0.415 e. The second-order valence-electron chi connectivity index (χ2n) is 8.07. The quantitative estimate of drug-likeness (QED) is 0.731. The molecule has 1 atom stereocenters. The highest BCUT2D eigenvalue weighted by Crippen LogP contribution is 2.30. The Kier molecular flexibility index (Phi) is 6.49. The summed E-state index contributed by atoms with van der Waals surface area (Å²) in [6, 6.07) is 18.8. The van der Waals surface area contributed by atoms with E-state index in [9.17, 15) is 9.59 Å². The Morgan fingerprint density at radius 3 is 2.28 bits per heavy atom. The molecule has 5 nitrogen and oxygen atoms in total. The van der Waals surface area contributed by atoms with E-state index in [0.717, 1.165) is 11.1 Å². The van der Waals surface area contributed by atoms with Gasteiger partial charge in [0.15, 0.2) is 5.78 Å². The van der Waals surface area contributed by atoms with Gasteiger partial charge in [-0.1, -0.05) is 60.7 Å². The van der Waals surface area contributed by atoms with Crippen LogP contribution in [0.1, 0.15) is 38.3 Å². The zero-order valence-corrected chi connectivity index (χ0v) is 17.1. The molecule has 0 aliphatic carbocycles. The molecule has 2 aromatic rings. The Hall–Kier alpha value is -2.92. The summed E-state index contributed by atoms with van der Waals surface area (Å²) in [6.07, 6.45) is 1.24. The van der Waals surface area contributed by atoms with Crippen LogP contribution in [0, 0.1) is 0 Å². The molecule has 152 valence electrons. The van der Waals surface area contributed by atoms with Crippen molar-refractivity contribution in [2.45, 2.75) is 45.4 Å². The zero-order valence-electron chi connectivity index (χ0n) is 17.1. The standard InChI is InChI=1S/C24H27NO4/c1-24(2,3)29-23(27)25-20(17-28-16-18-10-6-4-7-11-18)14-21(26)15-22(25)19-12-8-5-9-13-19/h4-13,15,20H,14,16-17H2,1-3H3/t20-/m1/s1. The molecule has 29 heavy (non-hydrogen) atoms. The van der Waals surface area contributed by atoms with E-state index in [1.165, 1.54) is 6.08 Å². The number of ether oxygens (including phenoxy) is 2. The van der Waals surface area contributed by atoms with Crippen molar-refractivity contribution in [3.63, 3.8) is 0 Å². The second kappa shape index (κ2) is 9.05. The Bertz CT molecular complexity index is 869. The number of carbonyl (C=O) groups excluding carboxylic acids is 2. The Morgan fingerprint density at radius 1 is 1.03 bits per heavy atom. The van der Waals surface area contributed by atoms with Crippen molar-refractivity contribution in [3.8, 4) is 0 Å². The highest BCUT2D eigenvalue weighted by molar-refractivity contribution is 6.01. The predicted molar refractivity (Wildman–Crippen MR) is 112 cm³/mol. The minimum atomic E-state index is -0.643. The van der Waals surface area contributed by atoms with Crippen LogP contribution in [-0.2, 0) is 20.9 Å². The average Bonchev–Trinajstić information content (AvgIpc) is 2.67. The maximum absolute atomic E-state index is 13.0. The van der Waals surface area contributed by atoms with E-state index in [0.29, 0.717) is 12.3 Å². The fourth-order valence-electron chi connectivity index (χ4n) is 3.21. The molecular formula is C24H27NO4. The van der Waals surface area contributed by atoms with Crippen LogP contribution in [0.25, 0.3) is 5.70 Å². The third kappa shape index (κ3) is 5.78. The number of hydrogen-bond donors (Lipinski definition) is 0. The molecule has 0 bridgehead atoms. The largest absolute Gasteiger partial charge is 0.443 e. The molecule has 1 aliphatic heterocycles. The van der Waals surface area contributed by atoms with Gasteiger partial charge < -0.3 is 9.47 Å². The lowest BCUT2D eigenvalue weighted by Crippen LogP contribution is -2.47. The maximum atomic E-state index is 13.0. The first-order valence-corrected chi connectivity index (χ1v) is 9.77. The van der Waals surface area contributed by atoms with Gasteiger partial charge in [-0.15, -0.1) is 0 Å². The number of nitrogens with zero attached hydrogens (tertiary/aromatic N) is 1. The van der Waals surface area contributed by atoms with Crippen LogP contribution in [-0.4, -0.2) is 35.0 Å². The normalized spacial score (nSPS) is 17.1. The molecule has 1 aliphatic rings. The van der Waals surface area contributed by atoms with Crippen LogP contribution < -0.4 is 0 Å². The van der Waals surface area contributed by atoms with Gasteiger partial charge in [-0.3, -0.25) is 9.69 Å². The molecule has 0 spiro atoms. The van der Waals surface area contributed by atoms with E-state index >= 15 is 0 Å². The Labute approximate surface area is 171 Å². The number of benzene rings is 2. The third-order valence-electron chi connectivity index (χ3n) is 4.44. The molecule has 0 fully saturated rings. The van der Waals surface area contributed by atoms with E-state index < -0.39 is 17.7 Å². The first kappa shape index (κ1) is 20.8. The molecule has 0 aromatic heterocycles. The fourth-order valence-corrected chi connectivity index (χ4v) is 3.21. The number of rotatable bonds is 5. The minimum Gasteiger partial charge on any atom is -0.443 e. The molecule has 5 heteroatoms. The molecule has 0 saturated heterocycles. The van der Waals surface area contributed by atoms with E-state index in [1.807, 2.05) is 81.4 Å². The zero-order chi connectivity index (χ0) is 20.9. The highest BCUT2D eigenvalue weighted by atomic mass is 16.6. The number of carbonyl (C=O) groups is 2. The van der Waals surface area contributed by atoms with Gasteiger partial charge >= 0.3 is 6.09 Å². The summed E-state index contributed by atoms with van der Waals surface area (Å²) >= 11 is 0. The topological polar surface area (TPSA) is 55.8 Å². The first-order chi connectivity index (χ1) is 13.8. The van der Waals surface area contributed by atoms with Gasteiger partial charge in [0.2, 0.25) is 0 Å². The van der Waals surface area contributed by atoms with Crippen LogP contribution in [0.2, 0.25) is 0 Å². The van der Waals surface area contributed by atoms with Crippen LogP contribution in [0.3, 0.4) is 0 Å². The summed E-state index contributed by atoms with van der Waals surface area (Å²) in [6.45, 7) is 6.13. The summed E-state index contributed by atoms with van der Waals surface area (Å²) in [7, 11) is 0. The van der Waals surface area contributed by atoms with Crippen LogP contribution in [0.15, 0.2) is 66.7 Å². The third-order valence-corrected chi connectivity index (χ3v) is 4.44. The summed E-state index contributed by atoms with van der Waals surface area (Å²) in [5.41, 5.74) is 1.73. The number of amides is 1. The van der Waals surface area contributed by atoms with Gasteiger partial charge in [-0.25, -0.2) is 4.79 Å². The van der Waals surface area contributed by atoms with Gasteiger partial charge in [-0.2, -0.15) is 0 Å². The average molecular weight is 393 g/mol. The molecule has 1 heterocycles. The SMILES string of the molecule is CC(C)(C)OC(=O)N1C(c2ccccc2)=CC(=O)C[C@@H]1COCc1ccccc1. The molecule has 0 N–H and O–H groups in total. The first-order valence-electron chi connectivity index (χ1n) is 9.77. The molecule has 0 radical (unpaired) electrons. The number of allylic oxidation sites excluding steroid dienone is 1. The molecule has 1 amide bonds. The van der Waals surface area contributed by atoms with Crippen LogP contribution in [0.5, 0.6) is 0 Å². The summed E-state index contributed by atoms with van der Waals surface area (Å²) < 4.78 is 11.5. The smallest absolute Gasteiger partial charge is 0.415 e. The van der Waals surface area contributed by atoms with Crippen molar-refractivity contribution in [2.24, 2.45) is 0 Å². The van der Waals surface area contributed by atoms with Gasteiger partial charge in [0.05, 0.1) is 25.0 Å². The van der Waals surface area contributed by atoms with Gasteiger partial charge in [-0.05, 0) is 31.9 Å². The lowest BCUT2D eigenvalue weighted by Gasteiger charge is -2.37. The predicted octanol–water partition coefficient (Wildman–Crippen LogP) is 4.82. The van der Waals surface area contributed by atoms with Crippen molar-refractivity contribution in [1.82, 2.24) is 4.90 Å². The summed E-state index contributed by atoms with van der Waals surface area (Å²) in [5.74, 6) is -0.0306. The number of hydrogen-bond acceptors (Lipinski definition) is 4. The van der Waals surface area contributed by atoms with Crippen LogP contribution >= 0.6 is 0 Å². The fraction of sp³-hybridized carbons (Fsp3) is 0.333. The van der Waals surface area contributed by atoms with E-state index in [4.69, 9.17) is 9.47 Å². The Balaban J connectivity index is 1.83. The molecule has 0 saturated carbocycles. The van der Waals surface area contributed by atoms with Crippen molar-refractivity contribution in [1.29, 1.82) is 0 Å². The van der Waals surface area contributed by atoms with E-state index in [1.54, 1.807) is 4.90 Å². The monoisotopic (exact) mass is 393 g/mol. The lowest BCUT2D eigenvalue weighted by atomic mass is 9.99. The molecule has 0 unspecified atom stereocenters. The summed E-state index contributed by atoms with van der Waals surface area (Å²) in [4.78, 5) is 27.0. The van der Waals surface area contributed by atoms with E-state index in [-0.39, 0.29) is 18.8 Å². The van der Waals surface area contributed by atoms with Crippen LogP contribution in [0.4, 0.5) is 4.79 Å². The molecule has 2 aromatic carbocycles. The molecule has 3 rings (SSSR count). The second-order valence-corrected chi connectivity index (χ2v) is 8.07. The van der Waals surface area contributed by atoms with E-state index in [2.05, 4.69) is 0 Å². The van der Waals surface area contributed by atoms with Crippen molar-refractivity contribution in [3.05, 3.63) is 77.9 Å². The minimum absolute atomic E-state index is 0.0306. The molecular weight excluding hydrogens is 366 g/mol. The van der Waals surface area contributed by atoms with Crippen molar-refractivity contribution >= 4 is 17.6 Å². The van der Waals surface area contributed by atoms with Gasteiger partial charge in [0, 0.05) is 12.5 Å². The van der Waals surface area contributed by atoms with Crippen molar-refractivity contribution in [2.75, 3.05) is 6.61 Å². The highest BCUT2D eigenvalue weighted by Gasteiger charge is 2.36. The van der Waals surface area contributed by atoms with Gasteiger partial charge in [0.25, 0.3) is 0 Å².